The third-order valence-electron chi connectivity index (χ3n) is 4.85. The molecule has 0 saturated carbocycles. The molecule has 8 heteroatoms. The first-order valence-corrected chi connectivity index (χ1v) is 12.3. The Bertz CT molecular complexity index is 1180. The van der Waals surface area contributed by atoms with Crippen LogP contribution in [0.3, 0.4) is 0 Å². The monoisotopic (exact) mass is 466 g/mol. The molecule has 33 heavy (non-hydrogen) atoms. The number of nitrogens with zero attached hydrogens (tertiary/aromatic N) is 1. The normalized spacial score (nSPS) is 10.9. The molecule has 1 amide bonds. The van der Waals surface area contributed by atoms with Crippen LogP contribution >= 0.6 is 0 Å². The minimum absolute atomic E-state index is 0.0367. The molecule has 3 rings (SSSR count). The summed E-state index contributed by atoms with van der Waals surface area (Å²) >= 11 is 0. The van der Waals surface area contributed by atoms with E-state index < -0.39 is 22.6 Å². The summed E-state index contributed by atoms with van der Waals surface area (Å²) in [6.45, 7) is 0.394. The van der Waals surface area contributed by atoms with Crippen molar-refractivity contribution in [2.45, 2.75) is 13.0 Å². The Kier molecular flexibility index (Phi) is 8.21. The SMILES string of the molecule is CS(=O)(=O)Nc1ccccc1C(=O)OCC(=O)N(CCc1ccccc1)Cc1ccccc1. The van der Waals surface area contributed by atoms with E-state index in [1.165, 1.54) is 12.1 Å². The first-order valence-electron chi connectivity index (χ1n) is 10.4. The van der Waals surface area contributed by atoms with E-state index in [4.69, 9.17) is 4.74 Å². The third kappa shape index (κ3) is 7.76. The molecule has 0 aromatic heterocycles. The van der Waals surface area contributed by atoms with Crippen LogP contribution < -0.4 is 4.72 Å². The predicted molar refractivity (Wildman–Crippen MR) is 127 cm³/mol. The van der Waals surface area contributed by atoms with Gasteiger partial charge in [0.25, 0.3) is 5.91 Å². The maximum Gasteiger partial charge on any atom is 0.340 e. The van der Waals surface area contributed by atoms with Gasteiger partial charge in [-0.25, -0.2) is 13.2 Å². The molecule has 0 bridgehead atoms. The highest BCUT2D eigenvalue weighted by atomic mass is 32.2. The van der Waals surface area contributed by atoms with E-state index in [1.807, 2.05) is 60.7 Å². The van der Waals surface area contributed by atoms with Crippen LogP contribution in [0, 0.1) is 0 Å². The van der Waals surface area contributed by atoms with Crippen molar-refractivity contribution < 1.29 is 22.7 Å². The fourth-order valence-electron chi connectivity index (χ4n) is 3.25. The molecular weight excluding hydrogens is 440 g/mol. The molecule has 0 saturated heterocycles. The Labute approximate surface area is 194 Å². The molecule has 1 N–H and O–H groups in total. The van der Waals surface area contributed by atoms with E-state index in [2.05, 4.69) is 4.72 Å². The van der Waals surface area contributed by atoms with Crippen LogP contribution in [-0.4, -0.2) is 44.6 Å². The highest BCUT2D eigenvalue weighted by Crippen LogP contribution is 2.17. The van der Waals surface area contributed by atoms with Gasteiger partial charge >= 0.3 is 5.97 Å². The molecule has 0 aliphatic heterocycles. The molecule has 0 unspecified atom stereocenters. The number of hydrogen-bond donors (Lipinski definition) is 1. The third-order valence-corrected chi connectivity index (χ3v) is 5.44. The lowest BCUT2D eigenvalue weighted by molar-refractivity contribution is -0.135. The zero-order valence-corrected chi connectivity index (χ0v) is 19.1. The van der Waals surface area contributed by atoms with Crippen molar-refractivity contribution in [3.63, 3.8) is 0 Å². The second kappa shape index (κ2) is 11.3. The summed E-state index contributed by atoms with van der Waals surface area (Å²) < 4.78 is 30.7. The highest BCUT2D eigenvalue weighted by Gasteiger charge is 2.19. The molecule has 0 atom stereocenters. The number of rotatable bonds is 10. The van der Waals surface area contributed by atoms with Crippen molar-refractivity contribution in [3.8, 4) is 0 Å². The lowest BCUT2D eigenvalue weighted by Gasteiger charge is -2.23. The van der Waals surface area contributed by atoms with Crippen LogP contribution in [0.2, 0.25) is 0 Å². The first-order chi connectivity index (χ1) is 15.8. The second-order valence-corrected chi connectivity index (χ2v) is 9.28. The number of sulfonamides is 1. The predicted octanol–water partition coefficient (Wildman–Crippen LogP) is 3.49. The van der Waals surface area contributed by atoms with E-state index in [1.54, 1.807) is 17.0 Å². The Morgan fingerprint density at radius 3 is 2.06 bits per heavy atom. The second-order valence-electron chi connectivity index (χ2n) is 7.53. The zero-order valence-electron chi connectivity index (χ0n) is 18.3. The topological polar surface area (TPSA) is 92.8 Å². The maximum atomic E-state index is 13.0. The van der Waals surface area contributed by atoms with Gasteiger partial charge in [-0.05, 0) is 29.7 Å². The number of benzene rings is 3. The van der Waals surface area contributed by atoms with Crippen LogP contribution in [0.5, 0.6) is 0 Å². The summed E-state index contributed by atoms with van der Waals surface area (Å²) in [5, 5.41) is 0. The van der Waals surface area contributed by atoms with Gasteiger partial charge in [-0.3, -0.25) is 9.52 Å². The molecule has 3 aromatic rings. The van der Waals surface area contributed by atoms with Gasteiger partial charge in [0.15, 0.2) is 6.61 Å². The summed E-state index contributed by atoms with van der Waals surface area (Å²) in [5.74, 6) is -1.12. The number of esters is 1. The number of hydrogen-bond acceptors (Lipinski definition) is 5. The van der Waals surface area contributed by atoms with Crippen molar-refractivity contribution >= 4 is 27.6 Å². The molecule has 0 spiro atoms. The maximum absolute atomic E-state index is 13.0. The molecule has 0 heterocycles. The molecule has 0 radical (unpaired) electrons. The number of nitrogens with one attached hydrogen (secondary N) is 1. The molecule has 3 aromatic carbocycles. The molecule has 0 aliphatic carbocycles. The zero-order chi connectivity index (χ0) is 23.7. The van der Waals surface area contributed by atoms with Crippen LogP contribution in [0.25, 0.3) is 0 Å². The van der Waals surface area contributed by atoms with Crippen molar-refractivity contribution in [3.05, 3.63) is 102 Å². The molecule has 7 nitrogen and oxygen atoms in total. The Hall–Kier alpha value is -3.65. The minimum Gasteiger partial charge on any atom is -0.452 e. The number of carbonyl (C=O) groups excluding carboxylic acids is 2. The van der Waals surface area contributed by atoms with Crippen LogP contribution in [-0.2, 0) is 32.5 Å². The summed E-state index contributed by atoms with van der Waals surface area (Å²) in [6.07, 6.45) is 1.65. The first kappa shape index (κ1) is 24.0. The van der Waals surface area contributed by atoms with E-state index in [9.17, 15) is 18.0 Å². The molecule has 0 fully saturated rings. The van der Waals surface area contributed by atoms with E-state index in [0.29, 0.717) is 19.5 Å². The van der Waals surface area contributed by atoms with Gasteiger partial charge in [0, 0.05) is 13.1 Å². The van der Waals surface area contributed by atoms with Crippen LogP contribution in [0.4, 0.5) is 5.69 Å². The van der Waals surface area contributed by atoms with Crippen molar-refractivity contribution in [1.29, 1.82) is 0 Å². The average Bonchev–Trinajstić information content (AvgIpc) is 2.80. The number of para-hydroxylation sites is 1. The van der Waals surface area contributed by atoms with Gasteiger partial charge in [0.05, 0.1) is 17.5 Å². The van der Waals surface area contributed by atoms with E-state index >= 15 is 0 Å². The Morgan fingerprint density at radius 1 is 0.848 bits per heavy atom. The quantitative estimate of drug-likeness (QED) is 0.462. The number of amides is 1. The standard InChI is InChI=1S/C25H26N2O5S/c1-33(30,31)26-23-15-9-8-14-22(23)25(29)32-19-24(28)27(18-21-12-6-3-7-13-21)17-16-20-10-4-2-5-11-20/h2-15,26H,16-19H2,1H3. The Balaban J connectivity index is 1.68. The largest absolute Gasteiger partial charge is 0.452 e. The fraction of sp³-hybridized carbons (Fsp3) is 0.200. The van der Waals surface area contributed by atoms with Crippen molar-refractivity contribution in [1.82, 2.24) is 4.90 Å². The fourth-order valence-corrected chi connectivity index (χ4v) is 3.83. The van der Waals surface area contributed by atoms with Gasteiger partial charge in [0.2, 0.25) is 10.0 Å². The number of carbonyl (C=O) groups is 2. The van der Waals surface area contributed by atoms with Gasteiger partial charge in [-0.2, -0.15) is 0 Å². The number of ether oxygens (including phenoxy) is 1. The molecule has 172 valence electrons. The summed E-state index contributed by atoms with van der Waals surface area (Å²) in [4.78, 5) is 27.2. The van der Waals surface area contributed by atoms with Crippen molar-refractivity contribution in [2.75, 3.05) is 24.1 Å². The van der Waals surface area contributed by atoms with Gasteiger partial charge < -0.3 is 9.64 Å². The minimum atomic E-state index is -3.58. The van der Waals surface area contributed by atoms with Crippen molar-refractivity contribution in [2.24, 2.45) is 0 Å². The van der Waals surface area contributed by atoms with Gasteiger partial charge in [-0.15, -0.1) is 0 Å². The molecule has 0 aliphatic rings. The van der Waals surface area contributed by atoms with Crippen LogP contribution in [0.15, 0.2) is 84.9 Å². The van der Waals surface area contributed by atoms with Crippen LogP contribution in [0.1, 0.15) is 21.5 Å². The molecular formula is C25H26N2O5S. The summed E-state index contributed by atoms with van der Waals surface area (Å²) in [5.41, 5.74) is 2.20. The summed E-state index contributed by atoms with van der Waals surface area (Å²) in [7, 11) is -3.58. The number of anilines is 1. The van der Waals surface area contributed by atoms with Gasteiger partial charge in [0.1, 0.15) is 0 Å². The smallest absolute Gasteiger partial charge is 0.340 e. The average molecular weight is 467 g/mol. The lowest BCUT2D eigenvalue weighted by Crippen LogP contribution is -2.36. The highest BCUT2D eigenvalue weighted by molar-refractivity contribution is 7.92. The van der Waals surface area contributed by atoms with E-state index in [-0.39, 0.29) is 17.2 Å². The summed E-state index contributed by atoms with van der Waals surface area (Å²) in [6, 6.07) is 25.5. The van der Waals surface area contributed by atoms with Gasteiger partial charge in [-0.1, -0.05) is 72.8 Å². The Morgan fingerprint density at radius 2 is 1.42 bits per heavy atom. The van der Waals surface area contributed by atoms with E-state index in [0.717, 1.165) is 17.4 Å². The lowest BCUT2D eigenvalue weighted by atomic mass is 10.1.